The van der Waals surface area contributed by atoms with Crippen molar-refractivity contribution in [2.75, 3.05) is 45.9 Å². The van der Waals surface area contributed by atoms with Crippen molar-refractivity contribution in [3.8, 4) is 0 Å². The van der Waals surface area contributed by atoms with E-state index in [-0.39, 0.29) is 25.7 Å². The highest BCUT2D eigenvalue weighted by atomic mass is 16.5. The Labute approximate surface area is 147 Å². The number of carboxylic acids is 1. The molecule has 142 valence electrons. The topological polar surface area (TPSA) is 107 Å². The molecule has 0 radical (unpaired) electrons. The summed E-state index contributed by atoms with van der Waals surface area (Å²) in [6, 6.07) is -0.257. The number of carbonyl (C=O) groups is 3. The minimum Gasteiger partial charge on any atom is -0.477 e. The number of carboxylic acid groups (broad SMARTS) is 2. The van der Waals surface area contributed by atoms with Crippen LogP contribution in [0.1, 0.15) is 27.7 Å². The van der Waals surface area contributed by atoms with Crippen LogP contribution in [-0.2, 0) is 9.53 Å². The number of rotatable bonds is 1. The van der Waals surface area contributed by atoms with Gasteiger partial charge in [0.05, 0.1) is 26.3 Å². The molecule has 25 heavy (non-hydrogen) atoms. The molecule has 2 fully saturated rings. The molecule has 2 unspecified atom stereocenters. The Hall–Kier alpha value is -1.87. The first-order valence-corrected chi connectivity index (χ1v) is 8.44. The Balaban J connectivity index is 2.37. The maximum atomic E-state index is 12.7. The summed E-state index contributed by atoms with van der Waals surface area (Å²) in [6.45, 7) is 8.50. The number of carbonyl (C=O) groups excluding carboxylic acids is 1. The van der Waals surface area contributed by atoms with Crippen LogP contribution in [0.2, 0.25) is 0 Å². The first-order chi connectivity index (χ1) is 11.5. The van der Waals surface area contributed by atoms with E-state index in [1.807, 2.05) is 0 Å². The van der Waals surface area contributed by atoms with Crippen LogP contribution in [0.25, 0.3) is 0 Å². The third-order valence-corrected chi connectivity index (χ3v) is 5.53. The third kappa shape index (κ3) is 2.95. The summed E-state index contributed by atoms with van der Waals surface area (Å²) in [5.74, 6) is -1.22. The second-order valence-electron chi connectivity index (χ2n) is 7.87. The van der Waals surface area contributed by atoms with Crippen LogP contribution in [-0.4, -0.2) is 99.6 Å². The number of aliphatic carboxylic acids is 1. The van der Waals surface area contributed by atoms with Gasteiger partial charge in [-0.15, -0.1) is 0 Å². The fourth-order valence-electron chi connectivity index (χ4n) is 4.11. The van der Waals surface area contributed by atoms with Crippen molar-refractivity contribution < 1.29 is 33.8 Å². The largest absolute Gasteiger partial charge is 0.514 e. The maximum Gasteiger partial charge on any atom is 0.514 e. The molecule has 2 atom stereocenters. The van der Waals surface area contributed by atoms with Crippen LogP contribution in [0.5, 0.6) is 0 Å². The van der Waals surface area contributed by atoms with Crippen LogP contribution in [0, 0.1) is 0 Å². The van der Waals surface area contributed by atoms with E-state index in [1.54, 1.807) is 25.7 Å². The average Bonchev–Trinajstić information content (AvgIpc) is 2.53. The Kier molecular flexibility index (Phi) is 5.02. The second-order valence-corrected chi connectivity index (χ2v) is 7.87. The van der Waals surface area contributed by atoms with E-state index in [0.29, 0.717) is 26.3 Å². The molecular formula is C16H28N3O6+. The second kappa shape index (κ2) is 6.45. The number of hydrogen-bond donors (Lipinski definition) is 2. The van der Waals surface area contributed by atoms with Crippen LogP contribution in [0.4, 0.5) is 9.59 Å². The predicted molar refractivity (Wildman–Crippen MR) is 88.3 cm³/mol. The minimum atomic E-state index is -1.65. The lowest BCUT2D eigenvalue weighted by Gasteiger charge is -2.56. The zero-order valence-corrected chi connectivity index (χ0v) is 15.3. The number of morpholine rings is 1. The number of amides is 3. The van der Waals surface area contributed by atoms with Crippen molar-refractivity contribution in [3.63, 3.8) is 0 Å². The first-order valence-electron chi connectivity index (χ1n) is 8.44. The molecule has 2 heterocycles. The monoisotopic (exact) mass is 358 g/mol. The molecule has 0 aliphatic carbocycles. The highest BCUT2D eigenvalue weighted by molar-refractivity contribution is 5.82. The van der Waals surface area contributed by atoms with Gasteiger partial charge >= 0.3 is 18.1 Å². The van der Waals surface area contributed by atoms with Crippen LogP contribution in [0.3, 0.4) is 0 Å². The molecule has 0 aromatic carbocycles. The fourth-order valence-corrected chi connectivity index (χ4v) is 4.11. The maximum absolute atomic E-state index is 12.7. The number of urea groups is 1. The highest BCUT2D eigenvalue weighted by Gasteiger charge is 2.67. The van der Waals surface area contributed by atoms with Crippen LogP contribution < -0.4 is 0 Å². The predicted octanol–water partition coefficient (Wildman–Crippen LogP) is 0.891. The van der Waals surface area contributed by atoms with Gasteiger partial charge in [0.2, 0.25) is 5.54 Å². The molecule has 2 rings (SSSR count). The standard InChI is InChI=1S/C16H27N3O6/c1-15(2,3)19(14(23)24)8-5-18(11-16(19,4)12(20)21)13(22)17-6-9-25-10-7-17/h5-11H2,1-4H3,(H-,20,21,23,24)/p+1. The molecule has 9 heteroatoms. The molecule has 0 bridgehead atoms. The molecule has 0 aromatic heterocycles. The molecule has 2 N–H and O–H groups in total. The Morgan fingerprint density at radius 1 is 1.04 bits per heavy atom. The van der Waals surface area contributed by atoms with E-state index in [2.05, 4.69) is 0 Å². The average molecular weight is 358 g/mol. The lowest BCUT2D eigenvalue weighted by Crippen LogP contribution is -2.82. The normalized spacial score (nSPS) is 30.9. The molecule has 2 aliphatic heterocycles. The van der Waals surface area contributed by atoms with Gasteiger partial charge < -0.3 is 24.7 Å². The van der Waals surface area contributed by atoms with Gasteiger partial charge in [-0.3, -0.25) is 0 Å². The van der Waals surface area contributed by atoms with Gasteiger partial charge in [-0.25, -0.2) is 14.1 Å². The van der Waals surface area contributed by atoms with E-state index in [9.17, 15) is 24.6 Å². The van der Waals surface area contributed by atoms with E-state index < -0.39 is 27.6 Å². The minimum absolute atomic E-state index is 0.0394. The molecule has 3 amide bonds. The number of quaternary nitrogens is 1. The molecule has 9 nitrogen and oxygen atoms in total. The molecule has 2 saturated heterocycles. The third-order valence-electron chi connectivity index (χ3n) is 5.53. The van der Waals surface area contributed by atoms with Gasteiger partial charge in [0.1, 0.15) is 12.1 Å². The Bertz CT molecular complexity index is 569. The van der Waals surface area contributed by atoms with Gasteiger partial charge in [0.15, 0.2) is 0 Å². The van der Waals surface area contributed by atoms with Gasteiger partial charge in [0, 0.05) is 20.0 Å². The zero-order valence-electron chi connectivity index (χ0n) is 15.3. The summed E-state index contributed by atoms with van der Waals surface area (Å²) >= 11 is 0. The molecule has 0 aromatic rings. The summed E-state index contributed by atoms with van der Waals surface area (Å²) in [5.41, 5.74) is -2.49. The summed E-state index contributed by atoms with van der Waals surface area (Å²) in [5, 5.41) is 19.9. The van der Waals surface area contributed by atoms with E-state index >= 15 is 0 Å². The summed E-state index contributed by atoms with van der Waals surface area (Å²) in [4.78, 5) is 40.2. The number of nitrogens with zero attached hydrogens (tertiary/aromatic N) is 3. The lowest BCUT2D eigenvalue weighted by atomic mass is 9.85. The Morgan fingerprint density at radius 3 is 2.04 bits per heavy atom. The van der Waals surface area contributed by atoms with Crippen LogP contribution >= 0.6 is 0 Å². The smallest absolute Gasteiger partial charge is 0.477 e. The van der Waals surface area contributed by atoms with Gasteiger partial charge in [0.25, 0.3) is 0 Å². The van der Waals surface area contributed by atoms with Crippen molar-refractivity contribution in [1.82, 2.24) is 9.80 Å². The molecule has 0 spiro atoms. The van der Waals surface area contributed by atoms with Crippen molar-refractivity contribution in [1.29, 1.82) is 0 Å². The van der Waals surface area contributed by atoms with Gasteiger partial charge in [-0.2, -0.15) is 4.79 Å². The lowest BCUT2D eigenvalue weighted by molar-refractivity contribution is -0.944. The van der Waals surface area contributed by atoms with Crippen molar-refractivity contribution in [2.24, 2.45) is 0 Å². The quantitative estimate of drug-likeness (QED) is 0.674. The van der Waals surface area contributed by atoms with E-state index in [1.165, 1.54) is 11.8 Å². The van der Waals surface area contributed by atoms with Gasteiger partial charge in [-0.05, 0) is 20.8 Å². The number of ether oxygens (including phenoxy) is 1. The fraction of sp³-hybridized carbons (Fsp3) is 0.812. The van der Waals surface area contributed by atoms with E-state index in [0.717, 1.165) is 0 Å². The van der Waals surface area contributed by atoms with Crippen LogP contribution in [0.15, 0.2) is 0 Å². The summed E-state index contributed by atoms with van der Waals surface area (Å²) < 4.78 is 4.62. The van der Waals surface area contributed by atoms with Crippen molar-refractivity contribution >= 4 is 18.1 Å². The molecule has 2 aliphatic rings. The molecule has 0 saturated carbocycles. The van der Waals surface area contributed by atoms with Crippen molar-refractivity contribution in [3.05, 3.63) is 0 Å². The van der Waals surface area contributed by atoms with E-state index in [4.69, 9.17) is 4.74 Å². The number of piperazine rings is 1. The van der Waals surface area contributed by atoms with Gasteiger partial charge in [-0.1, -0.05) is 0 Å². The highest BCUT2D eigenvalue weighted by Crippen LogP contribution is 2.40. The van der Waals surface area contributed by atoms with Crippen molar-refractivity contribution in [2.45, 2.75) is 38.8 Å². The Morgan fingerprint density at radius 2 is 1.60 bits per heavy atom. The summed E-state index contributed by atoms with van der Waals surface area (Å²) in [6.07, 6.45) is -1.18. The zero-order chi connectivity index (χ0) is 19.0. The SMILES string of the molecule is CC(C)(C)[N+]1(C(=O)O)CCN(C(=O)N2CCOCC2)CC1(C)C(=O)O. The molecular weight excluding hydrogens is 330 g/mol. The summed E-state index contributed by atoms with van der Waals surface area (Å²) in [7, 11) is 0. The number of hydrogen-bond acceptors (Lipinski definition) is 4. The first kappa shape index (κ1) is 19.5.